The Morgan fingerprint density at radius 2 is 1.93 bits per heavy atom. The van der Waals surface area contributed by atoms with E-state index in [4.69, 9.17) is 4.42 Å². The zero-order chi connectivity index (χ0) is 18.3. The lowest BCUT2D eigenvalue weighted by atomic mass is 9.84. The van der Waals surface area contributed by atoms with Crippen LogP contribution >= 0.6 is 12.4 Å². The van der Waals surface area contributed by atoms with Crippen molar-refractivity contribution in [2.45, 2.75) is 51.0 Å². The van der Waals surface area contributed by atoms with Crippen LogP contribution in [0, 0.1) is 0 Å². The third-order valence-electron chi connectivity index (χ3n) is 5.57. The zero-order valence-electron chi connectivity index (χ0n) is 16.3. The molecular formula is C23H30ClN3O. The maximum Gasteiger partial charge on any atom is 0.117 e. The maximum atomic E-state index is 5.33. The monoisotopic (exact) mass is 399 g/mol. The molecule has 4 nitrogen and oxygen atoms in total. The first-order valence-electron chi connectivity index (χ1n) is 10.3. The van der Waals surface area contributed by atoms with Crippen molar-refractivity contribution >= 4 is 29.0 Å². The fourth-order valence-corrected chi connectivity index (χ4v) is 4.07. The average molecular weight is 400 g/mol. The van der Waals surface area contributed by atoms with Crippen LogP contribution in [0.2, 0.25) is 0 Å². The second-order valence-corrected chi connectivity index (χ2v) is 7.51. The van der Waals surface area contributed by atoms with Gasteiger partial charge in [0.15, 0.2) is 0 Å². The Balaban J connectivity index is 0.00000225. The van der Waals surface area contributed by atoms with Gasteiger partial charge in [0.05, 0.1) is 18.3 Å². The van der Waals surface area contributed by atoms with Crippen molar-refractivity contribution in [2.24, 2.45) is 0 Å². The lowest BCUT2D eigenvalue weighted by molar-refractivity contribution is 0.444. The molecule has 1 aliphatic rings. The van der Waals surface area contributed by atoms with Crippen LogP contribution in [0.25, 0.3) is 10.9 Å². The minimum Gasteiger partial charge on any atom is -0.468 e. The van der Waals surface area contributed by atoms with Crippen molar-refractivity contribution in [1.29, 1.82) is 0 Å². The molecule has 150 valence electrons. The number of aromatic nitrogens is 1. The Morgan fingerprint density at radius 3 is 2.75 bits per heavy atom. The first kappa shape index (κ1) is 20.7. The summed E-state index contributed by atoms with van der Waals surface area (Å²) >= 11 is 0. The molecule has 1 saturated carbocycles. The summed E-state index contributed by atoms with van der Waals surface area (Å²) in [4.78, 5) is 4.62. The fraction of sp³-hybridized carbons (Fsp3) is 0.435. The Hall–Kier alpha value is -2.04. The Kier molecular flexibility index (Phi) is 7.75. The van der Waals surface area contributed by atoms with Gasteiger partial charge in [-0.25, -0.2) is 0 Å². The molecule has 1 fully saturated rings. The smallest absolute Gasteiger partial charge is 0.117 e. The SMILES string of the molecule is Cl.c1coc(CNCCCNc2ccnc3cc(C4CCCCC4)ccc23)c1. The highest BCUT2D eigenvalue weighted by Gasteiger charge is 2.16. The minimum absolute atomic E-state index is 0. The number of pyridine rings is 1. The largest absolute Gasteiger partial charge is 0.468 e. The molecule has 0 aliphatic heterocycles. The number of benzene rings is 1. The predicted molar refractivity (Wildman–Crippen MR) is 118 cm³/mol. The van der Waals surface area contributed by atoms with E-state index in [1.54, 1.807) is 6.26 Å². The molecule has 28 heavy (non-hydrogen) atoms. The van der Waals surface area contributed by atoms with E-state index in [9.17, 15) is 0 Å². The summed E-state index contributed by atoms with van der Waals surface area (Å²) in [5.41, 5.74) is 3.76. The van der Waals surface area contributed by atoms with E-state index < -0.39 is 0 Å². The van der Waals surface area contributed by atoms with Crippen molar-refractivity contribution in [1.82, 2.24) is 10.3 Å². The number of fused-ring (bicyclic) bond motifs is 1. The number of rotatable bonds is 8. The van der Waals surface area contributed by atoms with Crippen LogP contribution in [0.5, 0.6) is 0 Å². The molecule has 0 bridgehead atoms. The van der Waals surface area contributed by atoms with Crippen molar-refractivity contribution < 1.29 is 4.42 Å². The molecule has 0 radical (unpaired) electrons. The summed E-state index contributed by atoms with van der Waals surface area (Å²) in [6.07, 6.45) is 11.5. The molecule has 0 unspecified atom stereocenters. The van der Waals surface area contributed by atoms with Gasteiger partial charge in [-0.05, 0) is 61.6 Å². The Labute approximate surface area is 173 Å². The molecule has 3 aromatic rings. The van der Waals surface area contributed by atoms with Gasteiger partial charge in [-0.15, -0.1) is 12.4 Å². The summed E-state index contributed by atoms with van der Waals surface area (Å²) in [7, 11) is 0. The van der Waals surface area contributed by atoms with Crippen LogP contribution in [-0.2, 0) is 6.54 Å². The van der Waals surface area contributed by atoms with E-state index >= 15 is 0 Å². The fourth-order valence-electron chi connectivity index (χ4n) is 4.07. The maximum absolute atomic E-state index is 5.33. The number of furan rings is 1. The topological polar surface area (TPSA) is 50.1 Å². The summed E-state index contributed by atoms with van der Waals surface area (Å²) in [5, 5.41) is 8.21. The van der Waals surface area contributed by atoms with Gasteiger partial charge in [0, 0.05) is 23.8 Å². The van der Waals surface area contributed by atoms with Gasteiger partial charge in [-0.1, -0.05) is 31.4 Å². The van der Waals surface area contributed by atoms with Crippen LogP contribution in [0.15, 0.2) is 53.3 Å². The molecule has 1 aromatic carbocycles. The lowest BCUT2D eigenvalue weighted by Crippen LogP contribution is -2.17. The third kappa shape index (κ3) is 5.27. The second kappa shape index (κ2) is 10.5. The normalized spacial score (nSPS) is 14.7. The van der Waals surface area contributed by atoms with Gasteiger partial charge in [0.2, 0.25) is 0 Å². The Bertz CT molecular complexity index is 844. The van der Waals surface area contributed by atoms with Gasteiger partial charge in [0.1, 0.15) is 5.76 Å². The van der Waals surface area contributed by atoms with Crippen molar-refractivity contribution in [3.63, 3.8) is 0 Å². The van der Waals surface area contributed by atoms with Crippen LogP contribution in [0.4, 0.5) is 5.69 Å². The highest BCUT2D eigenvalue weighted by molar-refractivity contribution is 5.91. The summed E-state index contributed by atoms with van der Waals surface area (Å²) in [6, 6.07) is 12.9. The molecule has 5 heteroatoms. The number of hydrogen-bond donors (Lipinski definition) is 2. The van der Waals surface area contributed by atoms with Gasteiger partial charge in [-0.3, -0.25) is 4.98 Å². The van der Waals surface area contributed by atoms with E-state index in [0.29, 0.717) is 0 Å². The Morgan fingerprint density at radius 1 is 1.04 bits per heavy atom. The van der Waals surface area contributed by atoms with Gasteiger partial charge >= 0.3 is 0 Å². The van der Waals surface area contributed by atoms with E-state index in [2.05, 4.69) is 39.9 Å². The van der Waals surface area contributed by atoms with Crippen LogP contribution in [0.3, 0.4) is 0 Å². The molecule has 2 aromatic heterocycles. The highest BCUT2D eigenvalue weighted by atomic mass is 35.5. The van der Waals surface area contributed by atoms with Crippen LogP contribution < -0.4 is 10.6 Å². The average Bonchev–Trinajstić information content (AvgIpc) is 3.24. The molecule has 1 aliphatic carbocycles. The molecule has 0 atom stereocenters. The van der Waals surface area contributed by atoms with E-state index in [0.717, 1.165) is 43.2 Å². The predicted octanol–water partition coefficient (Wildman–Crippen LogP) is 5.89. The van der Waals surface area contributed by atoms with Crippen molar-refractivity contribution in [3.8, 4) is 0 Å². The number of halogens is 1. The van der Waals surface area contributed by atoms with Gasteiger partial charge < -0.3 is 15.1 Å². The second-order valence-electron chi connectivity index (χ2n) is 7.51. The summed E-state index contributed by atoms with van der Waals surface area (Å²) in [6.45, 7) is 2.69. The van der Waals surface area contributed by atoms with E-state index in [1.165, 1.54) is 48.7 Å². The first-order chi connectivity index (χ1) is 13.4. The molecule has 2 heterocycles. The number of nitrogens with zero attached hydrogens (tertiary/aromatic N) is 1. The quantitative estimate of drug-likeness (QED) is 0.464. The van der Waals surface area contributed by atoms with Crippen LogP contribution in [0.1, 0.15) is 55.8 Å². The molecule has 0 amide bonds. The minimum atomic E-state index is 0. The van der Waals surface area contributed by atoms with E-state index in [-0.39, 0.29) is 12.4 Å². The highest BCUT2D eigenvalue weighted by Crippen LogP contribution is 2.34. The molecule has 0 spiro atoms. The third-order valence-corrected chi connectivity index (χ3v) is 5.57. The molecule has 4 rings (SSSR count). The van der Waals surface area contributed by atoms with Gasteiger partial charge in [0.25, 0.3) is 0 Å². The standard InChI is InChI=1S/C23H29N3O.ClH/c1-2-6-18(7-3-1)19-9-10-21-22(11-14-26-23(21)16-19)25-13-5-12-24-17-20-8-4-15-27-20;/h4,8-11,14-16,18,24H,1-3,5-7,12-13,17H2,(H,25,26);1H. The zero-order valence-corrected chi connectivity index (χ0v) is 17.1. The van der Waals surface area contributed by atoms with Crippen molar-refractivity contribution in [2.75, 3.05) is 18.4 Å². The number of nitrogens with one attached hydrogen (secondary N) is 2. The van der Waals surface area contributed by atoms with Gasteiger partial charge in [-0.2, -0.15) is 0 Å². The lowest BCUT2D eigenvalue weighted by Gasteiger charge is -2.22. The summed E-state index contributed by atoms with van der Waals surface area (Å²) < 4.78 is 5.33. The molecule has 2 N–H and O–H groups in total. The van der Waals surface area contributed by atoms with E-state index in [1.807, 2.05) is 18.3 Å². The molecule has 0 saturated heterocycles. The number of hydrogen-bond acceptors (Lipinski definition) is 4. The first-order valence-corrected chi connectivity index (χ1v) is 10.3. The van der Waals surface area contributed by atoms with Crippen LogP contribution in [-0.4, -0.2) is 18.1 Å². The molecular weight excluding hydrogens is 370 g/mol. The number of anilines is 1. The summed E-state index contributed by atoms with van der Waals surface area (Å²) in [5.74, 6) is 1.71. The van der Waals surface area contributed by atoms with Crippen molar-refractivity contribution in [3.05, 3.63) is 60.2 Å².